The fourth-order valence-electron chi connectivity index (χ4n) is 1.58. The van der Waals surface area contributed by atoms with Crippen LogP contribution in [0, 0.1) is 6.92 Å². The molecule has 18 heavy (non-hydrogen) atoms. The highest BCUT2D eigenvalue weighted by atomic mass is 31.2. The second-order valence-corrected chi connectivity index (χ2v) is 5.91. The van der Waals surface area contributed by atoms with Crippen LogP contribution in [0.25, 0.3) is 0 Å². The molecule has 0 N–H and O–H groups in total. The summed E-state index contributed by atoms with van der Waals surface area (Å²) in [6.45, 7) is 7.29. The van der Waals surface area contributed by atoms with E-state index in [0.29, 0.717) is 24.5 Å². The second-order valence-electron chi connectivity index (χ2n) is 3.85. The first-order valence-electron chi connectivity index (χ1n) is 5.90. The fraction of sp³-hybridized carbons (Fsp3) is 0.583. The molecule has 0 atom stereocenters. The number of hydrogen-bond donors (Lipinski definition) is 0. The second kappa shape index (κ2) is 6.32. The van der Waals surface area contributed by atoms with Crippen LogP contribution in [0.2, 0.25) is 0 Å². The Labute approximate surface area is 107 Å². The molecule has 0 spiro atoms. The van der Waals surface area contributed by atoms with Crippen LogP contribution >= 0.6 is 7.60 Å². The van der Waals surface area contributed by atoms with Crippen molar-refractivity contribution in [2.75, 3.05) is 13.2 Å². The first kappa shape index (κ1) is 15.2. The van der Waals surface area contributed by atoms with Crippen molar-refractivity contribution in [3.63, 3.8) is 0 Å². The predicted molar refractivity (Wildman–Crippen MR) is 68.0 cm³/mol. The van der Waals surface area contributed by atoms with Crippen LogP contribution in [0.4, 0.5) is 0 Å². The minimum atomic E-state index is -3.16. The van der Waals surface area contributed by atoms with Crippen LogP contribution in [0.15, 0.2) is 10.5 Å². The molecule has 0 aliphatic heterocycles. The van der Waals surface area contributed by atoms with Crippen LogP contribution in [0.1, 0.15) is 42.6 Å². The van der Waals surface area contributed by atoms with Gasteiger partial charge in [-0.2, -0.15) is 0 Å². The minimum absolute atomic E-state index is 0.122. The van der Waals surface area contributed by atoms with Gasteiger partial charge in [-0.1, -0.05) is 0 Å². The number of Topliss-reactive ketones (excluding diaryl/α,β-unsaturated/α-hetero) is 1. The molecule has 0 aromatic carbocycles. The molecule has 0 aliphatic rings. The molecule has 1 rings (SSSR count). The maximum atomic E-state index is 12.3. The van der Waals surface area contributed by atoms with E-state index in [0.717, 1.165) is 0 Å². The van der Waals surface area contributed by atoms with Crippen molar-refractivity contribution in [2.24, 2.45) is 0 Å². The zero-order valence-electron chi connectivity index (χ0n) is 11.2. The molecule has 1 aromatic heterocycles. The molecule has 0 aliphatic carbocycles. The summed E-state index contributed by atoms with van der Waals surface area (Å²) in [5.74, 6) is 0.675. The van der Waals surface area contributed by atoms with E-state index in [1.807, 2.05) is 0 Å². The Hall–Kier alpha value is -0.900. The highest BCUT2D eigenvalue weighted by Crippen LogP contribution is 2.51. The van der Waals surface area contributed by atoms with Crippen molar-refractivity contribution in [1.29, 1.82) is 0 Å². The molecule has 1 heterocycles. The Morgan fingerprint density at radius 2 is 1.89 bits per heavy atom. The first-order chi connectivity index (χ1) is 8.41. The maximum Gasteiger partial charge on any atom is 0.335 e. The van der Waals surface area contributed by atoms with Gasteiger partial charge in [-0.25, -0.2) is 0 Å². The molecule has 102 valence electrons. The molecule has 6 heteroatoms. The largest absolute Gasteiger partial charge is 0.458 e. The van der Waals surface area contributed by atoms with Crippen LogP contribution in [-0.4, -0.2) is 19.0 Å². The summed E-state index contributed by atoms with van der Waals surface area (Å²) in [4.78, 5) is 11.2. The van der Waals surface area contributed by atoms with Crippen LogP contribution in [0.5, 0.6) is 0 Å². The smallest absolute Gasteiger partial charge is 0.335 e. The minimum Gasteiger partial charge on any atom is -0.458 e. The van der Waals surface area contributed by atoms with Gasteiger partial charge in [0.1, 0.15) is 5.76 Å². The summed E-state index contributed by atoms with van der Waals surface area (Å²) < 4.78 is 28.0. The van der Waals surface area contributed by atoms with Gasteiger partial charge in [0.05, 0.1) is 19.4 Å². The molecule has 0 radical (unpaired) electrons. The van der Waals surface area contributed by atoms with Gasteiger partial charge in [-0.15, -0.1) is 0 Å². The number of aryl methyl sites for hydroxylation is 1. The normalized spacial score (nSPS) is 11.8. The van der Waals surface area contributed by atoms with Gasteiger partial charge in [0, 0.05) is 12.5 Å². The Bertz CT molecular complexity index is 453. The van der Waals surface area contributed by atoms with E-state index in [-0.39, 0.29) is 17.7 Å². The van der Waals surface area contributed by atoms with E-state index >= 15 is 0 Å². The molecule has 0 saturated carbocycles. The summed E-state index contributed by atoms with van der Waals surface area (Å²) in [6.07, 6.45) is 0.122. The van der Waals surface area contributed by atoms with Crippen LogP contribution in [0.3, 0.4) is 0 Å². The van der Waals surface area contributed by atoms with Gasteiger partial charge in [0.25, 0.3) is 0 Å². The number of carbonyl (C=O) groups is 1. The SMILES string of the molecule is CCOP(=O)(Cc1cc(C(C)=O)oc1C)OCC. The van der Waals surface area contributed by atoms with Crippen molar-refractivity contribution in [3.05, 3.63) is 23.2 Å². The first-order valence-corrected chi connectivity index (χ1v) is 7.63. The van der Waals surface area contributed by atoms with Crippen molar-refractivity contribution in [1.82, 2.24) is 0 Å². The lowest BCUT2D eigenvalue weighted by molar-refractivity contribution is 0.0986. The van der Waals surface area contributed by atoms with Gasteiger partial charge in [-0.05, 0) is 26.8 Å². The highest BCUT2D eigenvalue weighted by molar-refractivity contribution is 7.53. The average Bonchev–Trinajstić information content (AvgIpc) is 2.61. The summed E-state index contributed by atoms with van der Waals surface area (Å²) in [7, 11) is -3.16. The Morgan fingerprint density at radius 1 is 1.33 bits per heavy atom. The molecule has 0 unspecified atom stereocenters. The van der Waals surface area contributed by atoms with Gasteiger partial charge < -0.3 is 13.5 Å². The summed E-state index contributed by atoms with van der Waals surface area (Å²) >= 11 is 0. The fourth-order valence-corrected chi connectivity index (χ4v) is 3.36. The summed E-state index contributed by atoms with van der Waals surface area (Å²) in [5.41, 5.74) is 0.686. The Balaban J connectivity index is 2.93. The molecule has 5 nitrogen and oxygen atoms in total. The van der Waals surface area contributed by atoms with E-state index in [1.165, 1.54) is 6.92 Å². The monoisotopic (exact) mass is 274 g/mol. The molecular weight excluding hydrogens is 255 g/mol. The third-order valence-electron chi connectivity index (χ3n) is 2.38. The number of rotatable bonds is 7. The molecule has 0 fully saturated rings. The van der Waals surface area contributed by atoms with Crippen molar-refractivity contribution in [3.8, 4) is 0 Å². The average molecular weight is 274 g/mol. The van der Waals surface area contributed by atoms with Gasteiger partial charge in [-0.3, -0.25) is 9.36 Å². The zero-order chi connectivity index (χ0) is 13.8. The predicted octanol–water partition coefficient (Wildman–Crippen LogP) is 3.56. The molecule has 1 aromatic rings. The van der Waals surface area contributed by atoms with Gasteiger partial charge in [0.2, 0.25) is 0 Å². The molecule has 0 saturated heterocycles. The standard InChI is InChI=1S/C12H19O5P/c1-5-15-18(14,16-6-2)8-11-7-12(9(3)13)17-10(11)4/h7H,5-6,8H2,1-4H3. The van der Waals surface area contributed by atoms with Crippen molar-refractivity contribution < 1.29 is 22.8 Å². The quantitative estimate of drug-likeness (QED) is 0.562. The third kappa shape index (κ3) is 3.80. The van der Waals surface area contributed by atoms with Crippen molar-refractivity contribution in [2.45, 2.75) is 33.9 Å². The third-order valence-corrected chi connectivity index (χ3v) is 4.41. The van der Waals surface area contributed by atoms with Gasteiger partial charge >= 0.3 is 7.60 Å². The van der Waals surface area contributed by atoms with Gasteiger partial charge in [0.15, 0.2) is 11.5 Å². The van der Waals surface area contributed by atoms with E-state index in [2.05, 4.69) is 0 Å². The zero-order valence-corrected chi connectivity index (χ0v) is 12.1. The van der Waals surface area contributed by atoms with E-state index in [1.54, 1.807) is 26.8 Å². The molecular formula is C12H19O5P. The van der Waals surface area contributed by atoms with Crippen LogP contribution in [-0.2, 0) is 19.8 Å². The maximum absolute atomic E-state index is 12.3. The van der Waals surface area contributed by atoms with E-state index < -0.39 is 7.60 Å². The Morgan fingerprint density at radius 3 is 2.28 bits per heavy atom. The van der Waals surface area contributed by atoms with Crippen LogP contribution < -0.4 is 0 Å². The van der Waals surface area contributed by atoms with E-state index in [4.69, 9.17) is 13.5 Å². The topological polar surface area (TPSA) is 65.7 Å². The highest BCUT2D eigenvalue weighted by Gasteiger charge is 2.26. The summed E-state index contributed by atoms with van der Waals surface area (Å²) in [6, 6.07) is 1.60. The molecule has 0 bridgehead atoms. The number of ketones is 1. The van der Waals surface area contributed by atoms with Crippen molar-refractivity contribution >= 4 is 13.4 Å². The lowest BCUT2D eigenvalue weighted by atomic mass is 10.2. The Kier molecular flexibility index (Phi) is 5.32. The number of furan rings is 1. The summed E-state index contributed by atoms with van der Waals surface area (Å²) in [5, 5.41) is 0. The van der Waals surface area contributed by atoms with E-state index in [9.17, 15) is 9.36 Å². The lowest BCUT2D eigenvalue weighted by Gasteiger charge is -2.16. The number of hydrogen-bond acceptors (Lipinski definition) is 5. The lowest BCUT2D eigenvalue weighted by Crippen LogP contribution is -1.99. The molecule has 0 amide bonds. The number of carbonyl (C=O) groups excluding carboxylic acids is 1.